The lowest BCUT2D eigenvalue weighted by Crippen LogP contribution is -2.13. The minimum Gasteiger partial charge on any atom is -0.310 e. The van der Waals surface area contributed by atoms with Crippen LogP contribution in [0.3, 0.4) is 0 Å². The fraction of sp³-hybridized carbons (Fsp3) is 0. The van der Waals surface area contributed by atoms with E-state index in [1.165, 1.54) is 74.7 Å². The predicted octanol–water partition coefficient (Wildman–Crippen LogP) is 17.8. The molecule has 0 aliphatic rings. The molecule has 296 valence electrons. The lowest BCUT2D eigenvalue weighted by molar-refractivity contribution is 1.27. The van der Waals surface area contributed by atoms with Crippen LogP contribution in [0.4, 0.5) is 34.1 Å². The zero-order valence-corrected chi connectivity index (χ0v) is 35.2. The van der Waals surface area contributed by atoms with E-state index in [0.717, 1.165) is 34.1 Å². The first-order valence-electron chi connectivity index (χ1n) is 21.5. The summed E-state index contributed by atoms with van der Waals surface area (Å²) in [6.45, 7) is 0. The maximum absolute atomic E-state index is 2.47. The zero-order chi connectivity index (χ0) is 41.7. The van der Waals surface area contributed by atoms with Crippen molar-refractivity contribution in [2.24, 2.45) is 0 Å². The van der Waals surface area contributed by atoms with Crippen LogP contribution in [0.25, 0.3) is 74.7 Å². The Morgan fingerprint density at radius 3 is 1.33 bits per heavy atom. The largest absolute Gasteiger partial charge is 0.310 e. The normalized spacial score (nSPS) is 11.5. The summed E-state index contributed by atoms with van der Waals surface area (Å²) in [5.74, 6) is 0. The van der Waals surface area contributed by atoms with Gasteiger partial charge in [0.2, 0.25) is 0 Å². The Labute approximate surface area is 370 Å². The quantitative estimate of drug-likeness (QED) is 0.151. The molecule has 12 rings (SSSR count). The van der Waals surface area contributed by atoms with Crippen molar-refractivity contribution in [3.05, 3.63) is 243 Å². The van der Waals surface area contributed by atoms with Crippen LogP contribution in [-0.2, 0) is 0 Å². The molecule has 0 aliphatic heterocycles. The van der Waals surface area contributed by atoms with Crippen LogP contribution in [0.2, 0.25) is 0 Å². The molecule has 0 unspecified atom stereocenters. The molecule has 11 aromatic carbocycles. The third kappa shape index (κ3) is 6.67. The molecule has 0 amide bonds. The van der Waals surface area contributed by atoms with Gasteiger partial charge in [0, 0.05) is 48.6 Å². The van der Waals surface area contributed by atoms with Crippen molar-refractivity contribution in [1.82, 2.24) is 0 Å². The first-order valence-corrected chi connectivity index (χ1v) is 22.3. The minimum absolute atomic E-state index is 1.09. The Hall–Kier alpha value is -7.98. The van der Waals surface area contributed by atoms with E-state index in [1.807, 2.05) is 11.3 Å². The van der Waals surface area contributed by atoms with Gasteiger partial charge in [-0.25, -0.2) is 0 Å². The summed E-state index contributed by atoms with van der Waals surface area (Å²) in [5, 5.41) is 9.85. The first kappa shape index (κ1) is 36.8. The number of anilines is 6. The van der Waals surface area contributed by atoms with E-state index in [4.69, 9.17) is 0 Å². The van der Waals surface area contributed by atoms with Gasteiger partial charge in [-0.3, -0.25) is 0 Å². The summed E-state index contributed by atoms with van der Waals surface area (Å²) in [7, 11) is 0. The Balaban J connectivity index is 1.10. The number of rotatable bonds is 8. The fourth-order valence-electron chi connectivity index (χ4n) is 9.33. The van der Waals surface area contributed by atoms with Crippen LogP contribution in [0.1, 0.15) is 0 Å². The number of nitrogens with zero attached hydrogens (tertiary/aromatic N) is 2. The van der Waals surface area contributed by atoms with Crippen molar-refractivity contribution in [3.8, 4) is 22.3 Å². The van der Waals surface area contributed by atoms with Crippen LogP contribution in [0, 0.1) is 0 Å². The van der Waals surface area contributed by atoms with E-state index in [-0.39, 0.29) is 0 Å². The van der Waals surface area contributed by atoms with Crippen LogP contribution in [0.5, 0.6) is 0 Å². The van der Waals surface area contributed by atoms with E-state index in [2.05, 4.69) is 252 Å². The van der Waals surface area contributed by atoms with Crippen LogP contribution in [-0.4, -0.2) is 0 Å². The maximum Gasteiger partial charge on any atom is 0.0575 e. The maximum atomic E-state index is 2.47. The van der Waals surface area contributed by atoms with Crippen molar-refractivity contribution < 1.29 is 0 Å². The van der Waals surface area contributed by atoms with Gasteiger partial charge >= 0.3 is 0 Å². The molecule has 0 fully saturated rings. The lowest BCUT2D eigenvalue weighted by atomic mass is 9.99. The number of thiophene rings is 1. The van der Waals surface area contributed by atoms with Gasteiger partial charge < -0.3 is 9.80 Å². The SMILES string of the molecule is c1ccc(-c2ccc3cc(N(c4ccccc4)c4cc(N(c5ccccc5)c5ccc6cc(-c7ccccc7)ccc6c5)c5c(c4)sc4ccc6ccccc6c45)ccc3c2)cc1. The summed E-state index contributed by atoms with van der Waals surface area (Å²) in [6.07, 6.45) is 0. The highest BCUT2D eigenvalue weighted by Crippen LogP contribution is 2.51. The standard InChI is InChI=1S/C60H40N2S/c1-5-15-41(16-6-1)44-25-27-48-37-52(32-29-46(48)35-44)61(50-20-9-3-10-21-50)54-39-56(60-58(40-54)63-57-34-31-43-19-13-14-24-55(43)59(57)60)62(51-22-11-4-12-23-51)53-33-30-47-36-45(26-28-49(47)38-53)42-17-7-2-8-18-42/h1-40H. The molecule has 0 bridgehead atoms. The number of hydrogen-bond acceptors (Lipinski definition) is 3. The second-order valence-corrected chi connectivity index (χ2v) is 17.3. The Morgan fingerprint density at radius 2 is 0.730 bits per heavy atom. The molecule has 0 N–H and O–H groups in total. The third-order valence-corrected chi connectivity index (χ3v) is 13.4. The molecular formula is C60H40N2S. The Bertz CT molecular complexity index is 3620. The van der Waals surface area contributed by atoms with Gasteiger partial charge in [0.05, 0.1) is 5.69 Å². The molecule has 0 radical (unpaired) electrons. The van der Waals surface area contributed by atoms with E-state index < -0.39 is 0 Å². The summed E-state index contributed by atoms with van der Waals surface area (Å²) in [5.41, 5.74) is 11.5. The monoisotopic (exact) mass is 820 g/mol. The fourth-order valence-corrected chi connectivity index (χ4v) is 10.5. The second kappa shape index (κ2) is 15.5. The van der Waals surface area contributed by atoms with E-state index in [0.29, 0.717) is 0 Å². The highest BCUT2D eigenvalue weighted by atomic mass is 32.1. The summed E-state index contributed by atoms with van der Waals surface area (Å²) in [6, 6.07) is 88.6. The molecule has 63 heavy (non-hydrogen) atoms. The van der Waals surface area contributed by atoms with Crippen LogP contribution >= 0.6 is 11.3 Å². The molecule has 0 saturated carbocycles. The average molecular weight is 821 g/mol. The van der Waals surface area contributed by atoms with Crippen molar-refractivity contribution in [1.29, 1.82) is 0 Å². The van der Waals surface area contributed by atoms with E-state index in [1.54, 1.807) is 0 Å². The highest BCUT2D eigenvalue weighted by molar-refractivity contribution is 7.26. The number of para-hydroxylation sites is 2. The van der Waals surface area contributed by atoms with Gasteiger partial charge in [-0.2, -0.15) is 0 Å². The van der Waals surface area contributed by atoms with E-state index >= 15 is 0 Å². The van der Waals surface area contributed by atoms with Crippen molar-refractivity contribution in [2.45, 2.75) is 0 Å². The van der Waals surface area contributed by atoms with Gasteiger partial charge in [-0.1, -0.05) is 164 Å². The topological polar surface area (TPSA) is 6.48 Å². The minimum atomic E-state index is 1.09. The molecule has 0 aliphatic carbocycles. The van der Waals surface area contributed by atoms with Gasteiger partial charge in [0.15, 0.2) is 0 Å². The van der Waals surface area contributed by atoms with Crippen molar-refractivity contribution >= 4 is 98.0 Å². The first-order chi connectivity index (χ1) is 31.2. The number of benzene rings is 11. The predicted molar refractivity (Wildman–Crippen MR) is 272 cm³/mol. The van der Waals surface area contributed by atoms with Crippen LogP contribution < -0.4 is 9.80 Å². The molecular weight excluding hydrogens is 781 g/mol. The number of fused-ring (bicyclic) bond motifs is 7. The highest BCUT2D eigenvalue weighted by Gasteiger charge is 2.24. The zero-order valence-electron chi connectivity index (χ0n) is 34.4. The lowest BCUT2D eigenvalue weighted by Gasteiger charge is -2.30. The molecule has 0 saturated heterocycles. The van der Waals surface area contributed by atoms with Gasteiger partial charge in [-0.15, -0.1) is 11.3 Å². The molecule has 2 nitrogen and oxygen atoms in total. The van der Waals surface area contributed by atoms with Crippen molar-refractivity contribution in [3.63, 3.8) is 0 Å². The van der Waals surface area contributed by atoms with Gasteiger partial charge in [-0.05, 0) is 133 Å². The summed E-state index contributed by atoms with van der Waals surface area (Å²) in [4.78, 5) is 4.89. The molecule has 1 aromatic heterocycles. The molecule has 12 aromatic rings. The smallest absolute Gasteiger partial charge is 0.0575 e. The molecule has 3 heteroatoms. The summed E-state index contributed by atoms with van der Waals surface area (Å²) < 4.78 is 2.51. The number of hydrogen-bond donors (Lipinski definition) is 0. The Kier molecular flexibility index (Phi) is 9.06. The van der Waals surface area contributed by atoms with Gasteiger partial charge in [0.25, 0.3) is 0 Å². The molecule has 0 atom stereocenters. The molecule has 0 spiro atoms. The summed E-state index contributed by atoms with van der Waals surface area (Å²) >= 11 is 1.87. The van der Waals surface area contributed by atoms with Gasteiger partial charge in [0.1, 0.15) is 0 Å². The average Bonchev–Trinajstić information content (AvgIpc) is 3.74. The third-order valence-electron chi connectivity index (χ3n) is 12.3. The molecule has 1 heterocycles. The van der Waals surface area contributed by atoms with Crippen molar-refractivity contribution in [2.75, 3.05) is 9.80 Å². The van der Waals surface area contributed by atoms with Crippen LogP contribution in [0.15, 0.2) is 243 Å². The Morgan fingerprint density at radius 1 is 0.254 bits per heavy atom. The van der Waals surface area contributed by atoms with E-state index in [9.17, 15) is 0 Å². The second-order valence-electron chi connectivity index (χ2n) is 16.2.